The first-order valence-corrected chi connectivity index (χ1v) is 6.70. The number of halogens is 1. The van der Waals surface area contributed by atoms with E-state index < -0.39 is 4.92 Å². The van der Waals surface area contributed by atoms with Gasteiger partial charge in [-0.3, -0.25) is 14.9 Å². The van der Waals surface area contributed by atoms with E-state index in [9.17, 15) is 14.9 Å². The topological polar surface area (TPSA) is 89.5 Å². The minimum Gasteiger partial charge on any atom is -0.338 e. The van der Waals surface area contributed by atoms with E-state index >= 15 is 0 Å². The third kappa shape index (κ3) is 3.71. The van der Waals surface area contributed by atoms with E-state index in [1.807, 2.05) is 6.92 Å². The number of rotatable bonds is 3. The lowest BCUT2D eigenvalue weighted by atomic mass is 10.0. The van der Waals surface area contributed by atoms with Gasteiger partial charge in [-0.25, -0.2) is 0 Å². The largest absolute Gasteiger partial charge is 0.338 e. The number of nitrogens with zero attached hydrogens (tertiary/aromatic N) is 2. The Kier molecular flexibility index (Phi) is 5.69. The number of amides is 1. The van der Waals surface area contributed by atoms with Gasteiger partial charge >= 0.3 is 0 Å². The van der Waals surface area contributed by atoms with Crippen molar-refractivity contribution >= 4 is 24.0 Å². The Hall–Kier alpha value is -1.66. The summed E-state index contributed by atoms with van der Waals surface area (Å²) < 4.78 is 0. The number of hydrogen-bond donors (Lipinski definition) is 1. The van der Waals surface area contributed by atoms with E-state index in [1.54, 1.807) is 11.8 Å². The zero-order valence-electron chi connectivity index (χ0n) is 12.1. The van der Waals surface area contributed by atoms with E-state index in [-0.39, 0.29) is 30.0 Å². The van der Waals surface area contributed by atoms with Gasteiger partial charge in [0.15, 0.2) is 0 Å². The second-order valence-corrected chi connectivity index (χ2v) is 5.42. The molecule has 6 nitrogen and oxygen atoms in total. The van der Waals surface area contributed by atoms with Crippen LogP contribution in [-0.4, -0.2) is 34.9 Å². The van der Waals surface area contributed by atoms with Gasteiger partial charge in [-0.2, -0.15) is 0 Å². The Balaban J connectivity index is 0.00000220. The molecule has 0 aromatic heterocycles. The number of benzene rings is 1. The fourth-order valence-electron chi connectivity index (χ4n) is 2.57. The maximum atomic E-state index is 12.4. The molecule has 2 rings (SSSR count). The molecule has 1 saturated heterocycles. The molecule has 1 aromatic carbocycles. The molecule has 21 heavy (non-hydrogen) atoms. The van der Waals surface area contributed by atoms with Crippen molar-refractivity contribution < 1.29 is 9.72 Å². The summed E-state index contributed by atoms with van der Waals surface area (Å²) in [5, 5.41) is 10.7. The van der Waals surface area contributed by atoms with Crippen molar-refractivity contribution in [2.75, 3.05) is 13.1 Å². The summed E-state index contributed by atoms with van der Waals surface area (Å²) in [6, 6.07) is 4.42. The number of carbonyl (C=O) groups is 1. The Morgan fingerprint density at radius 2 is 2.19 bits per heavy atom. The van der Waals surface area contributed by atoms with Gasteiger partial charge in [-0.15, -0.1) is 12.4 Å². The first-order chi connectivity index (χ1) is 9.40. The molecule has 0 bridgehead atoms. The van der Waals surface area contributed by atoms with Crippen LogP contribution in [0.4, 0.5) is 5.69 Å². The lowest BCUT2D eigenvalue weighted by Crippen LogP contribution is -2.33. The molecule has 2 atom stereocenters. The van der Waals surface area contributed by atoms with Gasteiger partial charge in [-0.1, -0.05) is 0 Å². The van der Waals surface area contributed by atoms with Gasteiger partial charge in [-0.05, 0) is 37.8 Å². The van der Waals surface area contributed by atoms with Gasteiger partial charge in [0.1, 0.15) is 0 Å². The van der Waals surface area contributed by atoms with Crippen molar-refractivity contribution in [3.05, 3.63) is 39.4 Å². The van der Waals surface area contributed by atoms with Crippen LogP contribution in [0.15, 0.2) is 18.2 Å². The SMILES string of the molecule is Cc1cc([N+](=O)[O-])ccc1C(=O)N1CCC(C(C)N)C1.Cl. The van der Waals surface area contributed by atoms with Crippen LogP contribution in [-0.2, 0) is 0 Å². The van der Waals surface area contributed by atoms with Crippen LogP contribution in [0.2, 0.25) is 0 Å². The minimum absolute atomic E-state index is 0. The molecule has 1 aliphatic rings. The van der Waals surface area contributed by atoms with E-state index in [4.69, 9.17) is 5.73 Å². The molecule has 1 aliphatic heterocycles. The average Bonchev–Trinajstić information content (AvgIpc) is 2.87. The summed E-state index contributed by atoms with van der Waals surface area (Å²) in [5.74, 6) is 0.262. The smallest absolute Gasteiger partial charge is 0.269 e. The number of nitro groups is 1. The standard InChI is InChI=1S/C14H19N3O3.ClH/c1-9-7-12(17(19)20)3-4-13(9)14(18)16-6-5-11(8-16)10(2)15;/h3-4,7,10-11H,5-6,8,15H2,1-2H3;1H. The van der Waals surface area contributed by atoms with Crippen LogP contribution in [0.3, 0.4) is 0 Å². The number of hydrogen-bond acceptors (Lipinski definition) is 4. The number of carbonyl (C=O) groups excluding carboxylic acids is 1. The summed E-state index contributed by atoms with van der Waals surface area (Å²) >= 11 is 0. The molecule has 1 amide bonds. The highest BCUT2D eigenvalue weighted by atomic mass is 35.5. The number of nitro benzene ring substituents is 1. The number of nitrogens with two attached hydrogens (primary N) is 1. The molecule has 0 radical (unpaired) electrons. The van der Waals surface area contributed by atoms with Crippen molar-refractivity contribution in [1.82, 2.24) is 4.90 Å². The van der Waals surface area contributed by atoms with Crippen LogP contribution >= 0.6 is 12.4 Å². The van der Waals surface area contributed by atoms with Crippen molar-refractivity contribution in [3.63, 3.8) is 0 Å². The third-order valence-corrected chi connectivity index (χ3v) is 3.91. The Morgan fingerprint density at radius 1 is 1.52 bits per heavy atom. The molecule has 1 heterocycles. The molecule has 1 aromatic rings. The van der Waals surface area contributed by atoms with Crippen LogP contribution in [0.5, 0.6) is 0 Å². The highest BCUT2D eigenvalue weighted by Crippen LogP contribution is 2.23. The van der Waals surface area contributed by atoms with Crippen LogP contribution in [0.1, 0.15) is 29.3 Å². The summed E-state index contributed by atoms with van der Waals surface area (Å²) in [7, 11) is 0. The van der Waals surface area contributed by atoms with Crippen LogP contribution < -0.4 is 5.73 Å². The average molecular weight is 314 g/mol. The van der Waals surface area contributed by atoms with Gasteiger partial charge in [0.05, 0.1) is 4.92 Å². The highest BCUT2D eigenvalue weighted by molar-refractivity contribution is 5.96. The number of aryl methyl sites for hydroxylation is 1. The fraction of sp³-hybridized carbons (Fsp3) is 0.500. The number of non-ortho nitro benzene ring substituents is 1. The predicted molar refractivity (Wildman–Crippen MR) is 82.7 cm³/mol. The van der Waals surface area contributed by atoms with Crippen LogP contribution in [0, 0.1) is 23.0 Å². The van der Waals surface area contributed by atoms with Crippen molar-refractivity contribution in [2.45, 2.75) is 26.3 Å². The Labute approximate surface area is 129 Å². The highest BCUT2D eigenvalue weighted by Gasteiger charge is 2.29. The number of likely N-dealkylation sites (tertiary alicyclic amines) is 1. The maximum Gasteiger partial charge on any atom is 0.269 e. The maximum absolute atomic E-state index is 12.4. The summed E-state index contributed by atoms with van der Waals surface area (Å²) in [6.45, 7) is 5.03. The van der Waals surface area contributed by atoms with E-state index in [0.717, 1.165) is 6.42 Å². The lowest BCUT2D eigenvalue weighted by Gasteiger charge is -2.19. The summed E-state index contributed by atoms with van der Waals surface area (Å²) in [6.07, 6.45) is 0.912. The molecule has 2 unspecified atom stereocenters. The molecular weight excluding hydrogens is 294 g/mol. The molecule has 1 fully saturated rings. The monoisotopic (exact) mass is 313 g/mol. The second-order valence-electron chi connectivity index (χ2n) is 5.42. The lowest BCUT2D eigenvalue weighted by molar-refractivity contribution is -0.384. The normalized spacial score (nSPS) is 19.0. The van der Waals surface area contributed by atoms with Crippen LogP contribution in [0.25, 0.3) is 0 Å². The molecule has 0 spiro atoms. The first kappa shape index (κ1) is 17.4. The molecule has 0 aliphatic carbocycles. The van der Waals surface area contributed by atoms with E-state index in [0.29, 0.717) is 30.1 Å². The summed E-state index contributed by atoms with van der Waals surface area (Å²) in [4.78, 5) is 24.5. The second kappa shape index (κ2) is 6.87. The zero-order valence-corrected chi connectivity index (χ0v) is 12.9. The van der Waals surface area contributed by atoms with Gasteiger partial charge in [0, 0.05) is 36.8 Å². The van der Waals surface area contributed by atoms with Gasteiger partial charge in [0.25, 0.3) is 11.6 Å². The van der Waals surface area contributed by atoms with Gasteiger partial charge in [0.2, 0.25) is 0 Å². The van der Waals surface area contributed by atoms with Crippen molar-refractivity contribution in [3.8, 4) is 0 Å². The predicted octanol–water partition coefficient (Wildman–Crippen LogP) is 2.13. The first-order valence-electron chi connectivity index (χ1n) is 6.70. The van der Waals surface area contributed by atoms with Crippen molar-refractivity contribution in [1.29, 1.82) is 0 Å². The Morgan fingerprint density at radius 3 is 2.67 bits per heavy atom. The fourth-order valence-corrected chi connectivity index (χ4v) is 2.57. The zero-order chi connectivity index (χ0) is 14.9. The van der Waals surface area contributed by atoms with E-state index in [2.05, 4.69) is 0 Å². The molecule has 116 valence electrons. The quantitative estimate of drug-likeness (QED) is 0.683. The van der Waals surface area contributed by atoms with Gasteiger partial charge < -0.3 is 10.6 Å². The molecule has 2 N–H and O–H groups in total. The minimum atomic E-state index is -0.455. The van der Waals surface area contributed by atoms with E-state index in [1.165, 1.54) is 18.2 Å². The summed E-state index contributed by atoms with van der Waals surface area (Å²) in [5.41, 5.74) is 7.04. The molecule has 0 saturated carbocycles. The Bertz CT molecular complexity index is 548. The van der Waals surface area contributed by atoms with Crippen molar-refractivity contribution in [2.24, 2.45) is 11.7 Å². The molecule has 7 heteroatoms. The third-order valence-electron chi connectivity index (χ3n) is 3.91. The molecular formula is C14H20ClN3O3.